The smallest absolute Gasteiger partial charge is 0.150 e. The molecule has 84 valence electrons. The van der Waals surface area contributed by atoms with Crippen molar-refractivity contribution in [2.24, 2.45) is 0 Å². The summed E-state index contributed by atoms with van der Waals surface area (Å²) >= 11 is 1.68. The van der Waals surface area contributed by atoms with Crippen LogP contribution in [0.3, 0.4) is 0 Å². The van der Waals surface area contributed by atoms with E-state index in [4.69, 9.17) is 0 Å². The number of anilines is 1. The molecule has 1 aliphatic heterocycles. The second-order valence-electron chi connectivity index (χ2n) is 4.18. The molecule has 0 amide bonds. The van der Waals surface area contributed by atoms with Crippen LogP contribution >= 0.6 is 11.3 Å². The summed E-state index contributed by atoms with van der Waals surface area (Å²) in [5, 5.41) is 11.7. The lowest BCUT2D eigenvalue weighted by molar-refractivity contribution is 0.198. The standard InChI is InChI=1S/C11H13N3OS/c1-7-5-16-10-9(7)12-6-13-11(10)14-3-2-8(15)4-14/h5-6,8,15H,2-4H2,1H3/t8-/m0/s1. The molecule has 1 aliphatic rings. The van der Waals surface area contributed by atoms with Crippen molar-refractivity contribution in [1.29, 1.82) is 0 Å². The molecular formula is C11H13N3OS. The highest BCUT2D eigenvalue weighted by Gasteiger charge is 2.23. The van der Waals surface area contributed by atoms with Crippen LogP contribution in [-0.2, 0) is 0 Å². The molecule has 0 aliphatic carbocycles. The summed E-state index contributed by atoms with van der Waals surface area (Å²) in [6.07, 6.45) is 2.23. The zero-order chi connectivity index (χ0) is 11.1. The fourth-order valence-corrected chi connectivity index (χ4v) is 3.14. The number of thiophene rings is 1. The predicted molar refractivity (Wildman–Crippen MR) is 65.0 cm³/mol. The SMILES string of the molecule is Cc1csc2c(N3CC[C@H](O)C3)ncnc12. The van der Waals surface area contributed by atoms with Gasteiger partial charge in [-0.3, -0.25) is 0 Å². The molecule has 2 aromatic rings. The van der Waals surface area contributed by atoms with Crippen LogP contribution in [0.4, 0.5) is 5.82 Å². The highest BCUT2D eigenvalue weighted by atomic mass is 32.1. The van der Waals surface area contributed by atoms with Gasteiger partial charge in [0.15, 0.2) is 0 Å². The molecule has 0 aromatic carbocycles. The second-order valence-corrected chi connectivity index (χ2v) is 5.06. The largest absolute Gasteiger partial charge is 0.391 e. The number of aromatic nitrogens is 2. The minimum absolute atomic E-state index is 0.217. The maximum Gasteiger partial charge on any atom is 0.150 e. The lowest BCUT2D eigenvalue weighted by atomic mass is 10.3. The third-order valence-corrected chi connectivity index (χ3v) is 4.06. The van der Waals surface area contributed by atoms with E-state index in [2.05, 4.69) is 27.2 Å². The number of rotatable bonds is 1. The number of hydrogen-bond donors (Lipinski definition) is 1. The Morgan fingerprint density at radius 2 is 2.38 bits per heavy atom. The minimum Gasteiger partial charge on any atom is -0.391 e. The molecule has 1 atom stereocenters. The molecule has 1 fully saturated rings. The van der Waals surface area contributed by atoms with Crippen molar-refractivity contribution in [3.8, 4) is 0 Å². The molecule has 0 bridgehead atoms. The maximum absolute atomic E-state index is 9.56. The topological polar surface area (TPSA) is 49.2 Å². The molecule has 0 unspecified atom stereocenters. The molecular weight excluding hydrogens is 222 g/mol. The van der Waals surface area contributed by atoms with E-state index in [9.17, 15) is 5.11 Å². The Labute approximate surface area is 97.6 Å². The van der Waals surface area contributed by atoms with Gasteiger partial charge in [0.05, 0.1) is 16.3 Å². The average Bonchev–Trinajstić information content (AvgIpc) is 2.86. The van der Waals surface area contributed by atoms with E-state index >= 15 is 0 Å². The number of nitrogens with zero attached hydrogens (tertiary/aromatic N) is 3. The number of aliphatic hydroxyl groups is 1. The van der Waals surface area contributed by atoms with Gasteiger partial charge in [-0.2, -0.15) is 0 Å². The Morgan fingerprint density at radius 3 is 3.12 bits per heavy atom. The number of β-amino-alcohol motifs (C(OH)–C–C–N with tert-alkyl or cyclic N) is 1. The van der Waals surface area contributed by atoms with Gasteiger partial charge in [0.25, 0.3) is 0 Å². The van der Waals surface area contributed by atoms with Crippen molar-refractivity contribution in [2.75, 3.05) is 18.0 Å². The van der Waals surface area contributed by atoms with Crippen LogP contribution in [0.1, 0.15) is 12.0 Å². The summed E-state index contributed by atoms with van der Waals surface area (Å²) in [7, 11) is 0. The van der Waals surface area contributed by atoms with Gasteiger partial charge in [0, 0.05) is 13.1 Å². The Hall–Kier alpha value is -1.20. The Bertz CT molecular complexity index is 525. The number of aliphatic hydroxyl groups excluding tert-OH is 1. The van der Waals surface area contributed by atoms with Crippen LogP contribution in [0.2, 0.25) is 0 Å². The highest BCUT2D eigenvalue weighted by molar-refractivity contribution is 7.18. The summed E-state index contributed by atoms with van der Waals surface area (Å²) in [5.74, 6) is 0.972. The van der Waals surface area contributed by atoms with Crippen LogP contribution in [0.15, 0.2) is 11.7 Å². The van der Waals surface area contributed by atoms with Gasteiger partial charge >= 0.3 is 0 Å². The Kier molecular flexibility index (Phi) is 2.29. The van der Waals surface area contributed by atoms with Gasteiger partial charge < -0.3 is 10.0 Å². The van der Waals surface area contributed by atoms with Gasteiger partial charge in [0.1, 0.15) is 12.1 Å². The van der Waals surface area contributed by atoms with Gasteiger partial charge in [-0.15, -0.1) is 11.3 Å². The maximum atomic E-state index is 9.56. The van der Waals surface area contributed by atoms with E-state index in [1.807, 2.05) is 0 Å². The normalized spacial score (nSPS) is 20.9. The Balaban J connectivity index is 2.09. The monoisotopic (exact) mass is 235 g/mol. The third-order valence-electron chi connectivity index (χ3n) is 2.98. The summed E-state index contributed by atoms with van der Waals surface area (Å²) in [5.41, 5.74) is 2.24. The van der Waals surface area contributed by atoms with Crippen LogP contribution in [0.25, 0.3) is 10.2 Å². The van der Waals surface area contributed by atoms with Crippen molar-refractivity contribution in [2.45, 2.75) is 19.4 Å². The number of aryl methyl sites for hydroxylation is 1. The van der Waals surface area contributed by atoms with E-state index in [0.29, 0.717) is 6.54 Å². The molecule has 16 heavy (non-hydrogen) atoms. The molecule has 3 heterocycles. The summed E-state index contributed by atoms with van der Waals surface area (Å²) in [6.45, 7) is 3.63. The first kappa shape index (κ1) is 9.99. The zero-order valence-corrected chi connectivity index (χ0v) is 9.87. The first-order chi connectivity index (χ1) is 7.75. The summed E-state index contributed by atoms with van der Waals surface area (Å²) in [4.78, 5) is 10.8. The molecule has 0 saturated carbocycles. The van der Waals surface area contributed by atoms with Crippen molar-refractivity contribution >= 4 is 27.4 Å². The predicted octanol–water partition coefficient (Wildman–Crippen LogP) is 1.57. The fraction of sp³-hybridized carbons (Fsp3) is 0.455. The van der Waals surface area contributed by atoms with Crippen molar-refractivity contribution in [1.82, 2.24) is 9.97 Å². The highest BCUT2D eigenvalue weighted by Crippen LogP contribution is 2.32. The van der Waals surface area contributed by atoms with Crippen molar-refractivity contribution in [3.05, 3.63) is 17.3 Å². The quantitative estimate of drug-likeness (QED) is 0.815. The summed E-state index contributed by atoms with van der Waals surface area (Å²) in [6, 6.07) is 0. The van der Waals surface area contributed by atoms with Gasteiger partial charge in [0.2, 0.25) is 0 Å². The second kappa shape index (κ2) is 3.68. The lowest BCUT2D eigenvalue weighted by Gasteiger charge is -2.16. The first-order valence-electron chi connectivity index (χ1n) is 5.37. The number of hydrogen-bond acceptors (Lipinski definition) is 5. The van der Waals surface area contributed by atoms with Crippen LogP contribution < -0.4 is 4.90 Å². The number of fused-ring (bicyclic) bond motifs is 1. The van der Waals surface area contributed by atoms with Gasteiger partial charge in [-0.25, -0.2) is 9.97 Å². The minimum atomic E-state index is -0.217. The van der Waals surface area contributed by atoms with Gasteiger partial charge in [-0.1, -0.05) is 0 Å². The molecule has 2 aromatic heterocycles. The molecule has 3 rings (SSSR count). The fourth-order valence-electron chi connectivity index (χ4n) is 2.12. The van der Waals surface area contributed by atoms with Gasteiger partial charge in [-0.05, 0) is 24.3 Å². The van der Waals surface area contributed by atoms with Crippen molar-refractivity contribution in [3.63, 3.8) is 0 Å². The molecule has 0 radical (unpaired) electrons. The van der Waals surface area contributed by atoms with E-state index in [-0.39, 0.29) is 6.10 Å². The van der Waals surface area contributed by atoms with Crippen LogP contribution in [0.5, 0.6) is 0 Å². The molecule has 0 spiro atoms. The van der Waals surface area contributed by atoms with Crippen molar-refractivity contribution < 1.29 is 5.11 Å². The van der Waals surface area contributed by atoms with E-state index in [1.165, 1.54) is 5.56 Å². The molecule has 1 N–H and O–H groups in total. The lowest BCUT2D eigenvalue weighted by Crippen LogP contribution is -2.22. The average molecular weight is 235 g/mol. The molecule has 5 heteroatoms. The Morgan fingerprint density at radius 1 is 1.50 bits per heavy atom. The van der Waals surface area contributed by atoms with Crippen LogP contribution in [-0.4, -0.2) is 34.3 Å². The summed E-state index contributed by atoms with van der Waals surface area (Å²) < 4.78 is 1.13. The molecule has 1 saturated heterocycles. The zero-order valence-electron chi connectivity index (χ0n) is 9.05. The van der Waals surface area contributed by atoms with E-state index in [0.717, 1.165) is 29.0 Å². The third kappa shape index (κ3) is 1.47. The van der Waals surface area contributed by atoms with E-state index in [1.54, 1.807) is 17.7 Å². The van der Waals surface area contributed by atoms with Crippen LogP contribution in [0, 0.1) is 6.92 Å². The molecule has 4 nitrogen and oxygen atoms in total. The van der Waals surface area contributed by atoms with E-state index < -0.39 is 0 Å². The first-order valence-corrected chi connectivity index (χ1v) is 6.25.